The van der Waals surface area contributed by atoms with E-state index in [4.69, 9.17) is 9.97 Å². The standard InChI is InChI=1S/C26H24N4OS/c1-3-17-13-15-18(16-14-17)27-25(31)23(4-2)32-26-29-20-10-6-5-9-19(20)24-28-21-11-7-8-12-22(21)30(24)26/h5-16,23H,3-4H2,1-2H3,(H,27,31). The second-order valence-corrected chi connectivity index (χ2v) is 8.90. The highest BCUT2D eigenvalue weighted by molar-refractivity contribution is 8.00. The van der Waals surface area contributed by atoms with Crippen LogP contribution < -0.4 is 5.32 Å². The SMILES string of the molecule is CCc1ccc(NC(=O)C(CC)Sc2nc3ccccc3c3nc4ccccc4n23)cc1. The number of benzene rings is 3. The second kappa shape index (κ2) is 8.63. The number of aromatic nitrogens is 3. The summed E-state index contributed by atoms with van der Waals surface area (Å²) in [6.07, 6.45) is 1.66. The van der Waals surface area contributed by atoms with Gasteiger partial charge in [0, 0.05) is 11.1 Å². The van der Waals surface area contributed by atoms with E-state index in [1.807, 2.05) is 67.6 Å². The van der Waals surface area contributed by atoms with E-state index in [-0.39, 0.29) is 11.2 Å². The topological polar surface area (TPSA) is 59.3 Å². The van der Waals surface area contributed by atoms with Gasteiger partial charge in [0.2, 0.25) is 5.91 Å². The van der Waals surface area contributed by atoms with Crippen LogP contribution in [0.1, 0.15) is 25.8 Å². The summed E-state index contributed by atoms with van der Waals surface area (Å²) >= 11 is 1.49. The number of para-hydroxylation sites is 3. The minimum absolute atomic E-state index is 0.0192. The first-order valence-electron chi connectivity index (χ1n) is 10.9. The minimum atomic E-state index is -0.279. The molecule has 0 spiro atoms. The number of fused-ring (bicyclic) bond motifs is 5. The highest BCUT2D eigenvalue weighted by Gasteiger charge is 2.22. The maximum atomic E-state index is 13.1. The lowest BCUT2D eigenvalue weighted by atomic mass is 10.1. The summed E-state index contributed by atoms with van der Waals surface area (Å²) in [5, 5.41) is 4.56. The van der Waals surface area contributed by atoms with Crippen molar-refractivity contribution in [2.75, 3.05) is 5.32 Å². The summed E-state index contributed by atoms with van der Waals surface area (Å²) in [7, 11) is 0. The normalized spacial score (nSPS) is 12.4. The Morgan fingerprint density at radius 2 is 1.66 bits per heavy atom. The van der Waals surface area contributed by atoms with Crippen molar-refractivity contribution < 1.29 is 4.79 Å². The number of thioether (sulfide) groups is 1. The molecule has 1 N–H and O–H groups in total. The van der Waals surface area contributed by atoms with E-state index in [9.17, 15) is 4.79 Å². The van der Waals surface area contributed by atoms with Gasteiger partial charge in [-0.15, -0.1) is 0 Å². The number of nitrogens with one attached hydrogen (secondary N) is 1. The molecule has 6 heteroatoms. The predicted molar refractivity (Wildman–Crippen MR) is 132 cm³/mol. The summed E-state index contributed by atoms with van der Waals surface area (Å²) in [5.74, 6) is -0.0192. The van der Waals surface area contributed by atoms with Crippen LogP contribution in [-0.4, -0.2) is 25.5 Å². The average molecular weight is 441 g/mol. The Labute approximate surface area is 190 Å². The highest BCUT2D eigenvalue weighted by Crippen LogP contribution is 2.32. The van der Waals surface area contributed by atoms with Crippen molar-refractivity contribution in [3.63, 3.8) is 0 Å². The summed E-state index contributed by atoms with van der Waals surface area (Å²) in [6.45, 7) is 4.15. The number of nitrogens with zero attached hydrogens (tertiary/aromatic N) is 3. The van der Waals surface area contributed by atoms with E-state index in [0.717, 1.165) is 44.8 Å². The molecule has 1 atom stereocenters. The molecule has 160 valence electrons. The van der Waals surface area contributed by atoms with Crippen molar-refractivity contribution in [2.24, 2.45) is 0 Å². The number of imidazole rings is 1. The number of hydrogen-bond donors (Lipinski definition) is 1. The molecule has 0 aliphatic rings. The molecule has 5 nitrogen and oxygen atoms in total. The maximum Gasteiger partial charge on any atom is 0.237 e. The van der Waals surface area contributed by atoms with Crippen LogP contribution in [0.2, 0.25) is 0 Å². The van der Waals surface area contributed by atoms with Crippen LogP contribution in [0.3, 0.4) is 0 Å². The monoisotopic (exact) mass is 440 g/mol. The van der Waals surface area contributed by atoms with Crippen molar-refractivity contribution in [1.82, 2.24) is 14.4 Å². The number of carbonyl (C=O) groups excluding carboxylic acids is 1. The Morgan fingerprint density at radius 1 is 0.938 bits per heavy atom. The van der Waals surface area contributed by atoms with E-state index in [1.54, 1.807) is 0 Å². The van der Waals surface area contributed by atoms with Crippen molar-refractivity contribution in [3.8, 4) is 0 Å². The summed E-state index contributed by atoms with van der Waals surface area (Å²) in [4.78, 5) is 22.9. The maximum absolute atomic E-state index is 13.1. The van der Waals surface area contributed by atoms with Crippen LogP contribution in [0.25, 0.3) is 27.6 Å². The molecule has 0 saturated heterocycles. The summed E-state index contributed by atoms with van der Waals surface area (Å²) in [6, 6.07) is 24.1. The van der Waals surface area contributed by atoms with Crippen LogP contribution in [0.5, 0.6) is 0 Å². The van der Waals surface area contributed by atoms with Gasteiger partial charge in [0.05, 0.1) is 21.8 Å². The molecule has 2 heterocycles. The van der Waals surface area contributed by atoms with Gasteiger partial charge in [-0.3, -0.25) is 9.20 Å². The van der Waals surface area contributed by atoms with E-state index >= 15 is 0 Å². The summed E-state index contributed by atoms with van der Waals surface area (Å²) < 4.78 is 2.08. The number of amides is 1. The summed E-state index contributed by atoms with van der Waals surface area (Å²) in [5.41, 5.74) is 5.72. The largest absolute Gasteiger partial charge is 0.325 e. The van der Waals surface area contributed by atoms with Gasteiger partial charge in [0.1, 0.15) is 5.65 Å². The van der Waals surface area contributed by atoms with Gasteiger partial charge in [-0.25, -0.2) is 9.97 Å². The van der Waals surface area contributed by atoms with Crippen LogP contribution in [-0.2, 0) is 11.2 Å². The van der Waals surface area contributed by atoms with Crippen LogP contribution in [0.15, 0.2) is 78.0 Å². The first kappa shape index (κ1) is 20.5. The van der Waals surface area contributed by atoms with Crippen LogP contribution in [0.4, 0.5) is 5.69 Å². The molecule has 5 rings (SSSR count). The van der Waals surface area contributed by atoms with Gasteiger partial charge in [-0.2, -0.15) is 0 Å². The molecule has 1 amide bonds. The van der Waals surface area contributed by atoms with Gasteiger partial charge in [0.15, 0.2) is 5.16 Å². The number of rotatable bonds is 6. The average Bonchev–Trinajstić information content (AvgIpc) is 3.23. The molecule has 5 aromatic rings. The molecule has 0 aliphatic heterocycles. The number of hydrogen-bond acceptors (Lipinski definition) is 4. The minimum Gasteiger partial charge on any atom is -0.325 e. The Kier molecular flexibility index (Phi) is 5.53. The smallest absolute Gasteiger partial charge is 0.237 e. The lowest BCUT2D eigenvalue weighted by molar-refractivity contribution is -0.115. The lowest BCUT2D eigenvalue weighted by Gasteiger charge is -2.16. The molecule has 3 aromatic carbocycles. The zero-order valence-electron chi connectivity index (χ0n) is 18.1. The van der Waals surface area contributed by atoms with Crippen molar-refractivity contribution >= 4 is 50.9 Å². The number of anilines is 1. The molecule has 0 bridgehead atoms. The van der Waals surface area contributed by atoms with E-state index in [1.165, 1.54) is 17.3 Å². The highest BCUT2D eigenvalue weighted by atomic mass is 32.2. The van der Waals surface area contributed by atoms with E-state index < -0.39 is 0 Å². The fourth-order valence-electron chi connectivity index (χ4n) is 3.89. The molecule has 2 aromatic heterocycles. The third kappa shape index (κ3) is 3.71. The fourth-order valence-corrected chi connectivity index (χ4v) is 4.92. The van der Waals surface area contributed by atoms with E-state index in [0.29, 0.717) is 6.42 Å². The fraction of sp³-hybridized carbons (Fsp3) is 0.192. The molecule has 32 heavy (non-hydrogen) atoms. The lowest BCUT2D eigenvalue weighted by Crippen LogP contribution is -2.25. The Hall–Kier alpha value is -3.38. The molecular formula is C26H24N4OS. The molecule has 0 aliphatic carbocycles. The van der Waals surface area contributed by atoms with Gasteiger partial charge in [0.25, 0.3) is 0 Å². The molecule has 0 fully saturated rings. The quantitative estimate of drug-likeness (QED) is 0.256. The first-order chi connectivity index (χ1) is 15.7. The number of aryl methyl sites for hydroxylation is 1. The van der Waals surface area contributed by atoms with Crippen molar-refractivity contribution in [2.45, 2.75) is 37.1 Å². The zero-order chi connectivity index (χ0) is 22.1. The molecule has 1 unspecified atom stereocenters. The Morgan fingerprint density at radius 3 is 2.41 bits per heavy atom. The van der Waals surface area contributed by atoms with Gasteiger partial charge in [-0.1, -0.05) is 62.0 Å². The van der Waals surface area contributed by atoms with Gasteiger partial charge >= 0.3 is 0 Å². The molecule has 0 saturated carbocycles. The zero-order valence-corrected chi connectivity index (χ0v) is 18.9. The Bertz CT molecular complexity index is 1430. The van der Waals surface area contributed by atoms with Crippen molar-refractivity contribution in [3.05, 3.63) is 78.4 Å². The third-order valence-electron chi connectivity index (χ3n) is 5.65. The van der Waals surface area contributed by atoms with Crippen LogP contribution >= 0.6 is 11.8 Å². The second-order valence-electron chi connectivity index (χ2n) is 7.73. The van der Waals surface area contributed by atoms with Crippen molar-refractivity contribution in [1.29, 1.82) is 0 Å². The van der Waals surface area contributed by atoms with Gasteiger partial charge in [-0.05, 0) is 54.8 Å². The van der Waals surface area contributed by atoms with E-state index in [2.05, 4.69) is 28.8 Å². The number of carbonyl (C=O) groups is 1. The molecule has 0 radical (unpaired) electrons. The molecular weight excluding hydrogens is 416 g/mol. The predicted octanol–water partition coefficient (Wildman–Crippen LogP) is 6.11. The van der Waals surface area contributed by atoms with Crippen LogP contribution in [0, 0.1) is 0 Å². The Balaban J connectivity index is 1.54. The van der Waals surface area contributed by atoms with Gasteiger partial charge < -0.3 is 5.32 Å². The third-order valence-corrected chi connectivity index (χ3v) is 6.97. The first-order valence-corrected chi connectivity index (χ1v) is 11.8.